The average Bonchev–Trinajstić information content (AvgIpc) is 2.60. The molecule has 1 fully saturated rings. The fourth-order valence-electron chi connectivity index (χ4n) is 3.22. The molecule has 0 bridgehead atoms. The predicted octanol–water partition coefficient (Wildman–Crippen LogP) is 2.60. The first-order valence-electron chi connectivity index (χ1n) is 8.37. The van der Waals surface area contributed by atoms with Crippen molar-refractivity contribution in [3.05, 3.63) is 23.8 Å². The fourth-order valence-corrected chi connectivity index (χ4v) is 3.22. The molecule has 1 aromatic rings. The summed E-state index contributed by atoms with van der Waals surface area (Å²) in [4.78, 5) is 23.8. The summed E-state index contributed by atoms with van der Waals surface area (Å²) in [5.41, 5.74) is 0.812. The Bertz CT molecular complexity index is 587. The van der Waals surface area contributed by atoms with Crippen molar-refractivity contribution >= 4 is 11.9 Å². The molecular weight excluding hydrogens is 310 g/mol. The lowest BCUT2D eigenvalue weighted by atomic mass is 9.78. The van der Waals surface area contributed by atoms with Crippen molar-refractivity contribution in [3.8, 4) is 11.5 Å². The predicted molar refractivity (Wildman–Crippen MR) is 89.1 cm³/mol. The number of methoxy groups -OCH3 is 1. The van der Waals surface area contributed by atoms with Crippen molar-refractivity contribution in [1.82, 2.24) is 5.32 Å². The van der Waals surface area contributed by atoms with Gasteiger partial charge in [-0.15, -0.1) is 0 Å². The monoisotopic (exact) mass is 335 g/mol. The van der Waals surface area contributed by atoms with E-state index < -0.39 is 17.8 Å². The third kappa shape index (κ3) is 4.19. The second-order valence-electron chi connectivity index (χ2n) is 5.94. The van der Waals surface area contributed by atoms with Gasteiger partial charge in [0, 0.05) is 12.1 Å². The molecule has 1 aromatic carbocycles. The highest BCUT2D eigenvalue weighted by Crippen LogP contribution is 2.32. The second kappa shape index (κ2) is 8.57. The number of ether oxygens (including phenoxy) is 2. The minimum atomic E-state index is -0.883. The number of benzene rings is 1. The van der Waals surface area contributed by atoms with Crippen LogP contribution in [0.15, 0.2) is 18.2 Å². The van der Waals surface area contributed by atoms with Crippen LogP contribution in [-0.4, -0.2) is 30.7 Å². The second-order valence-corrected chi connectivity index (χ2v) is 5.94. The topological polar surface area (TPSA) is 84.9 Å². The Kier molecular flexibility index (Phi) is 6.46. The minimum Gasteiger partial charge on any atom is -0.493 e. The molecule has 24 heavy (non-hydrogen) atoms. The summed E-state index contributed by atoms with van der Waals surface area (Å²) in [5, 5.41) is 12.2. The summed E-state index contributed by atoms with van der Waals surface area (Å²) < 4.78 is 10.9. The third-order valence-electron chi connectivity index (χ3n) is 4.44. The summed E-state index contributed by atoms with van der Waals surface area (Å²) in [6, 6.07) is 5.50. The molecule has 1 aliphatic rings. The smallest absolute Gasteiger partial charge is 0.307 e. The highest BCUT2D eigenvalue weighted by atomic mass is 16.5. The molecule has 2 atom stereocenters. The first-order valence-corrected chi connectivity index (χ1v) is 8.37. The average molecular weight is 335 g/mol. The molecule has 0 heterocycles. The Morgan fingerprint density at radius 3 is 2.58 bits per heavy atom. The minimum absolute atomic E-state index is 0.202. The van der Waals surface area contributed by atoms with E-state index in [9.17, 15) is 14.7 Å². The van der Waals surface area contributed by atoms with Crippen molar-refractivity contribution in [2.45, 2.75) is 39.2 Å². The molecule has 1 aliphatic carbocycles. The Morgan fingerprint density at radius 2 is 1.96 bits per heavy atom. The standard InChI is InChI=1S/C18H25NO5/c1-3-24-16-12(7-6-10-15(16)23-2)11-19-17(20)13-8-4-5-9-14(13)18(21)22/h6-7,10,13-14H,3-5,8-9,11H2,1-2H3,(H,19,20)(H,21,22)/t13-,14-/m0/s1. The number of rotatable bonds is 7. The first kappa shape index (κ1) is 18.1. The Morgan fingerprint density at radius 1 is 1.25 bits per heavy atom. The quantitative estimate of drug-likeness (QED) is 0.800. The molecule has 1 saturated carbocycles. The van der Waals surface area contributed by atoms with Crippen LogP contribution in [0, 0.1) is 11.8 Å². The van der Waals surface area contributed by atoms with Crippen molar-refractivity contribution in [2.75, 3.05) is 13.7 Å². The lowest BCUT2D eigenvalue weighted by molar-refractivity contribution is -0.148. The fraction of sp³-hybridized carbons (Fsp3) is 0.556. The van der Waals surface area contributed by atoms with Gasteiger partial charge in [0.25, 0.3) is 0 Å². The molecule has 0 aliphatic heterocycles. The number of hydrogen-bond donors (Lipinski definition) is 2. The van der Waals surface area contributed by atoms with Gasteiger partial charge in [-0.3, -0.25) is 9.59 Å². The van der Waals surface area contributed by atoms with Gasteiger partial charge in [-0.05, 0) is 25.8 Å². The number of carbonyl (C=O) groups excluding carboxylic acids is 1. The van der Waals surface area contributed by atoms with E-state index >= 15 is 0 Å². The molecule has 6 heteroatoms. The zero-order chi connectivity index (χ0) is 17.5. The Balaban J connectivity index is 2.07. The Hall–Kier alpha value is -2.24. The summed E-state index contributed by atoms with van der Waals surface area (Å²) in [6.07, 6.45) is 2.95. The zero-order valence-corrected chi connectivity index (χ0v) is 14.2. The number of para-hydroxylation sites is 1. The maximum absolute atomic E-state index is 12.5. The molecule has 132 valence electrons. The molecule has 2 rings (SSSR count). The highest BCUT2D eigenvalue weighted by Gasteiger charge is 2.35. The number of carboxylic acids is 1. The van der Waals surface area contributed by atoms with Crippen LogP contribution in [0.2, 0.25) is 0 Å². The highest BCUT2D eigenvalue weighted by molar-refractivity contribution is 5.84. The number of carboxylic acid groups (broad SMARTS) is 1. The van der Waals surface area contributed by atoms with Crippen LogP contribution in [0.4, 0.5) is 0 Å². The normalized spacial score (nSPS) is 20.2. The SMILES string of the molecule is CCOc1c(CNC(=O)[C@H]2CCCC[C@@H]2C(=O)O)cccc1OC. The van der Waals surface area contributed by atoms with Gasteiger partial charge >= 0.3 is 5.97 Å². The van der Waals surface area contributed by atoms with Crippen LogP contribution in [0.5, 0.6) is 11.5 Å². The summed E-state index contributed by atoms with van der Waals surface area (Å²) in [7, 11) is 1.57. The van der Waals surface area contributed by atoms with Crippen LogP contribution in [-0.2, 0) is 16.1 Å². The zero-order valence-electron chi connectivity index (χ0n) is 14.2. The van der Waals surface area contributed by atoms with Crippen LogP contribution in [0.1, 0.15) is 38.2 Å². The van der Waals surface area contributed by atoms with Crippen molar-refractivity contribution in [3.63, 3.8) is 0 Å². The lowest BCUT2D eigenvalue weighted by Gasteiger charge is -2.27. The van der Waals surface area contributed by atoms with Crippen molar-refractivity contribution < 1.29 is 24.2 Å². The molecule has 0 saturated heterocycles. The molecule has 0 unspecified atom stereocenters. The van der Waals surface area contributed by atoms with E-state index in [0.29, 0.717) is 30.9 Å². The van der Waals surface area contributed by atoms with E-state index in [1.807, 2.05) is 19.1 Å². The summed E-state index contributed by atoms with van der Waals surface area (Å²) >= 11 is 0. The van der Waals surface area contributed by atoms with Gasteiger partial charge in [0.2, 0.25) is 5.91 Å². The number of amides is 1. The summed E-state index contributed by atoms with van der Waals surface area (Å²) in [6.45, 7) is 2.66. The van der Waals surface area contributed by atoms with E-state index in [1.165, 1.54) is 0 Å². The third-order valence-corrected chi connectivity index (χ3v) is 4.44. The van der Waals surface area contributed by atoms with Gasteiger partial charge in [-0.2, -0.15) is 0 Å². The van der Waals surface area contributed by atoms with Gasteiger partial charge in [0.05, 0.1) is 25.6 Å². The van der Waals surface area contributed by atoms with E-state index in [1.54, 1.807) is 13.2 Å². The van der Waals surface area contributed by atoms with Gasteiger partial charge in [0.1, 0.15) is 0 Å². The van der Waals surface area contributed by atoms with Crippen LogP contribution in [0.25, 0.3) is 0 Å². The van der Waals surface area contributed by atoms with Crippen molar-refractivity contribution in [2.24, 2.45) is 11.8 Å². The number of carbonyl (C=O) groups is 2. The molecular formula is C18H25NO5. The van der Waals surface area contributed by atoms with Gasteiger partial charge < -0.3 is 19.9 Å². The number of aliphatic carboxylic acids is 1. The van der Waals surface area contributed by atoms with Crippen LogP contribution < -0.4 is 14.8 Å². The van der Waals surface area contributed by atoms with Gasteiger partial charge in [-0.25, -0.2) is 0 Å². The Labute approximate surface area is 142 Å². The van der Waals surface area contributed by atoms with Crippen LogP contribution in [0.3, 0.4) is 0 Å². The molecule has 1 amide bonds. The number of nitrogens with one attached hydrogen (secondary N) is 1. The van der Waals surface area contributed by atoms with Gasteiger partial charge in [0.15, 0.2) is 11.5 Å². The van der Waals surface area contributed by atoms with Crippen molar-refractivity contribution in [1.29, 1.82) is 0 Å². The molecule has 0 aromatic heterocycles. The molecule has 6 nitrogen and oxygen atoms in total. The number of hydrogen-bond acceptors (Lipinski definition) is 4. The van der Waals surface area contributed by atoms with E-state index in [0.717, 1.165) is 18.4 Å². The largest absolute Gasteiger partial charge is 0.493 e. The first-order chi connectivity index (χ1) is 11.6. The maximum Gasteiger partial charge on any atom is 0.307 e. The lowest BCUT2D eigenvalue weighted by Crippen LogP contribution is -2.39. The van der Waals surface area contributed by atoms with Gasteiger partial charge in [-0.1, -0.05) is 25.0 Å². The maximum atomic E-state index is 12.5. The molecule has 0 radical (unpaired) electrons. The summed E-state index contributed by atoms with van der Waals surface area (Å²) in [5.74, 6) is -0.905. The van der Waals surface area contributed by atoms with E-state index in [-0.39, 0.29) is 12.5 Å². The molecule has 0 spiro atoms. The van der Waals surface area contributed by atoms with E-state index in [2.05, 4.69) is 5.32 Å². The molecule has 2 N–H and O–H groups in total. The van der Waals surface area contributed by atoms with E-state index in [4.69, 9.17) is 9.47 Å². The van der Waals surface area contributed by atoms with Crippen LogP contribution >= 0.6 is 0 Å².